The molecule has 0 amide bonds. The van der Waals surface area contributed by atoms with Crippen LogP contribution in [0.15, 0.2) is 24.3 Å². The van der Waals surface area contributed by atoms with E-state index in [2.05, 4.69) is 0 Å². The lowest BCUT2D eigenvalue weighted by atomic mass is 10.1. The first kappa shape index (κ1) is 19.8. The van der Waals surface area contributed by atoms with E-state index in [4.69, 9.17) is 14.2 Å². The van der Waals surface area contributed by atoms with Gasteiger partial charge in [0.15, 0.2) is 5.78 Å². The number of carbonyl (C=O) groups excluding carboxylic acids is 3. The van der Waals surface area contributed by atoms with Gasteiger partial charge in [0.05, 0.1) is 0 Å². The SMILES string of the molecule is CC(=O)OCc1ccc(COC(=O)CCCOC(C)C(C)=O)cc1. The Morgan fingerprint density at radius 1 is 0.958 bits per heavy atom. The fourth-order valence-electron chi connectivity index (χ4n) is 1.75. The lowest BCUT2D eigenvalue weighted by molar-refractivity contribution is -0.145. The van der Waals surface area contributed by atoms with Gasteiger partial charge >= 0.3 is 11.9 Å². The number of carbonyl (C=O) groups is 3. The second-order valence-corrected chi connectivity index (χ2v) is 5.48. The van der Waals surface area contributed by atoms with Gasteiger partial charge in [0.25, 0.3) is 0 Å². The number of rotatable bonds is 10. The number of hydrogen-bond donors (Lipinski definition) is 0. The van der Waals surface area contributed by atoms with E-state index in [1.54, 1.807) is 6.92 Å². The van der Waals surface area contributed by atoms with Crippen LogP contribution in [0.3, 0.4) is 0 Å². The molecule has 0 radical (unpaired) electrons. The summed E-state index contributed by atoms with van der Waals surface area (Å²) in [6.45, 7) is 5.29. The Morgan fingerprint density at radius 2 is 1.50 bits per heavy atom. The minimum atomic E-state index is -0.438. The highest BCUT2D eigenvalue weighted by Crippen LogP contribution is 2.08. The van der Waals surface area contributed by atoms with Crippen molar-refractivity contribution in [2.45, 2.75) is 52.9 Å². The van der Waals surface area contributed by atoms with E-state index in [0.29, 0.717) is 13.0 Å². The third-order valence-corrected chi connectivity index (χ3v) is 3.33. The van der Waals surface area contributed by atoms with Gasteiger partial charge in [-0.05, 0) is 31.4 Å². The summed E-state index contributed by atoms with van der Waals surface area (Å²) < 4.78 is 15.3. The minimum absolute atomic E-state index is 0.0327. The van der Waals surface area contributed by atoms with Crippen LogP contribution in [0.2, 0.25) is 0 Å². The number of Topliss-reactive ketones (excluding diaryl/α,β-unsaturated/α-hetero) is 1. The number of esters is 2. The first-order valence-corrected chi connectivity index (χ1v) is 7.87. The fraction of sp³-hybridized carbons (Fsp3) is 0.500. The highest BCUT2D eigenvalue weighted by Gasteiger charge is 2.08. The number of ketones is 1. The van der Waals surface area contributed by atoms with Crippen molar-refractivity contribution in [1.29, 1.82) is 0 Å². The monoisotopic (exact) mass is 336 g/mol. The fourth-order valence-corrected chi connectivity index (χ4v) is 1.75. The minimum Gasteiger partial charge on any atom is -0.461 e. The molecule has 1 unspecified atom stereocenters. The Morgan fingerprint density at radius 3 is 2.00 bits per heavy atom. The zero-order chi connectivity index (χ0) is 17.9. The van der Waals surface area contributed by atoms with Gasteiger partial charge in [0.1, 0.15) is 19.3 Å². The topological polar surface area (TPSA) is 78.9 Å². The molecule has 1 rings (SSSR count). The van der Waals surface area contributed by atoms with Gasteiger partial charge in [-0.2, -0.15) is 0 Å². The van der Waals surface area contributed by atoms with Crippen LogP contribution >= 0.6 is 0 Å². The molecule has 0 aromatic heterocycles. The average molecular weight is 336 g/mol. The zero-order valence-electron chi connectivity index (χ0n) is 14.4. The summed E-state index contributed by atoms with van der Waals surface area (Å²) in [7, 11) is 0. The van der Waals surface area contributed by atoms with Crippen molar-refractivity contribution in [2.24, 2.45) is 0 Å². The molecule has 0 heterocycles. The van der Waals surface area contributed by atoms with Crippen LogP contribution in [0.25, 0.3) is 0 Å². The highest BCUT2D eigenvalue weighted by atomic mass is 16.5. The van der Waals surface area contributed by atoms with Gasteiger partial charge in [0.2, 0.25) is 0 Å². The van der Waals surface area contributed by atoms with E-state index in [9.17, 15) is 14.4 Å². The van der Waals surface area contributed by atoms with Crippen LogP contribution in [-0.4, -0.2) is 30.4 Å². The van der Waals surface area contributed by atoms with Gasteiger partial charge in [-0.3, -0.25) is 14.4 Å². The summed E-state index contributed by atoms with van der Waals surface area (Å²) in [5.74, 6) is -0.664. The summed E-state index contributed by atoms with van der Waals surface area (Å²) in [4.78, 5) is 33.4. The Labute approximate surface area is 142 Å². The summed E-state index contributed by atoms with van der Waals surface area (Å²) in [5, 5.41) is 0. The zero-order valence-corrected chi connectivity index (χ0v) is 14.4. The van der Waals surface area contributed by atoms with E-state index >= 15 is 0 Å². The molecule has 0 spiro atoms. The maximum absolute atomic E-state index is 11.6. The van der Waals surface area contributed by atoms with Crippen LogP contribution in [0.4, 0.5) is 0 Å². The van der Waals surface area contributed by atoms with Gasteiger partial charge in [-0.1, -0.05) is 24.3 Å². The van der Waals surface area contributed by atoms with E-state index in [1.165, 1.54) is 13.8 Å². The van der Waals surface area contributed by atoms with E-state index < -0.39 is 6.10 Å². The molecule has 0 saturated carbocycles. The van der Waals surface area contributed by atoms with Crippen molar-refractivity contribution in [1.82, 2.24) is 0 Å². The number of benzene rings is 1. The van der Waals surface area contributed by atoms with Crippen molar-refractivity contribution < 1.29 is 28.6 Å². The average Bonchev–Trinajstić information content (AvgIpc) is 2.55. The van der Waals surface area contributed by atoms with Crippen LogP contribution in [0.1, 0.15) is 44.7 Å². The summed E-state index contributed by atoms with van der Waals surface area (Å²) in [6.07, 6.45) is 0.318. The van der Waals surface area contributed by atoms with Gasteiger partial charge in [-0.15, -0.1) is 0 Å². The Kier molecular flexibility index (Phi) is 8.71. The van der Waals surface area contributed by atoms with Crippen LogP contribution < -0.4 is 0 Å². The molecule has 0 aliphatic carbocycles. The molecular weight excluding hydrogens is 312 g/mol. The Bertz CT molecular complexity index is 549. The first-order chi connectivity index (χ1) is 11.4. The molecule has 0 bridgehead atoms. The molecule has 24 heavy (non-hydrogen) atoms. The normalized spacial score (nSPS) is 11.6. The largest absolute Gasteiger partial charge is 0.461 e. The van der Waals surface area contributed by atoms with Gasteiger partial charge in [-0.25, -0.2) is 0 Å². The van der Waals surface area contributed by atoms with E-state index in [1.807, 2.05) is 24.3 Å². The maximum atomic E-state index is 11.6. The molecule has 0 fully saturated rings. The Balaban J connectivity index is 2.22. The van der Waals surface area contributed by atoms with E-state index in [0.717, 1.165) is 11.1 Å². The molecule has 0 saturated heterocycles. The summed E-state index contributed by atoms with van der Waals surface area (Å²) >= 11 is 0. The standard InChI is InChI=1S/C18H24O6/c1-13(19)14(2)22-10-4-5-18(21)24-12-17-8-6-16(7-9-17)11-23-15(3)20/h6-9,14H,4-5,10-12H2,1-3H3. The number of hydrogen-bond acceptors (Lipinski definition) is 6. The predicted octanol–water partition coefficient (Wildman–Crippen LogP) is 2.57. The lowest BCUT2D eigenvalue weighted by Crippen LogP contribution is -2.18. The highest BCUT2D eigenvalue weighted by molar-refractivity contribution is 5.79. The van der Waals surface area contributed by atoms with Crippen molar-refractivity contribution >= 4 is 17.7 Å². The molecule has 0 N–H and O–H groups in total. The second kappa shape index (κ2) is 10.5. The number of ether oxygens (including phenoxy) is 3. The van der Waals surface area contributed by atoms with Crippen molar-refractivity contribution in [3.63, 3.8) is 0 Å². The Hall–Kier alpha value is -2.21. The predicted molar refractivity (Wildman–Crippen MR) is 87.0 cm³/mol. The van der Waals surface area contributed by atoms with Crippen LogP contribution in [0, 0.1) is 0 Å². The summed E-state index contributed by atoms with van der Waals surface area (Å²) in [5.41, 5.74) is 1.73. The second-order valence-electron chi connectivity index (χ2n) is 5.48. The lowest BCUT2D eigenvalue weighted by Gasteiger charge is -2.09. The molecule has 1 aromatic carbocycles. The molecule has 0 aliphatic heterocycles. The first-order valence-electron chi connectivity index (χ1n) is 7.87. The third-order valence-electron chi connectivity index (χ3n) is 3.33. The quantitative estimate of drug-likeness (QED) is 0.483. The van der Waals surface area contributed by atoms with E-state index in [-0.39, 0.29) is 37.4 Å². The molecule has 6 nitrogen and oxygen atoms in total. The molecule has 6 heteroatoms. The van der Waals surface area contributed by atoms with Gasteiger partial charge in [0, 0.05) is 20.0 Å². The third kappa shape index (κ3) is 8.43. The molecule has 1 atom stereocenters. The van der Waals surface area contributed by atoms with Crippen molar-refractivity contribution in [3.05, 3.63) is 35.4 Å². The van der Waals surface area contributed by atoms with Crippen molar-refractivity contribution in [3.8, 4) is 0 Å². The smallest absolute Gasteiger partial charge is 0.306 e. The van der Waals surface area contributed by atoms with Gasteiger partial charge < -0.3 is 14.2 Å². The molecule has 132 valence electrons. The molecular formula is C18H24O6. The van der Waals surface area contributed by atoms with Crippen LogP contribution in [-0.2, 0) is 41.8 Å². The maximum Gasteiger partial charge on any atom is 0.306 e. The van der Waals surface area contributed by atoms with Crippen LogP contribution in [0.5, 0.6) is 0 Å². The summed E-state index contributed by atoms with van der Waals surface area (Å²) in [6, 6.07) is 7.29. The molecule has 0 aliphatic rings. The molecule has 1 aromatic rings. The van der Waals surface area contributed by atoms with Crippen molar-refractivity contribution in [2.75, 3.05) is 6.61 Å².